The van der Waals surface area contributed by atoms with Crippen molar-refractivity contribution in [2.75, 3.05) is 0 Å². The fraction of sp³-hybridized carbons (Fsp3) is 1.00. The summed E-state index contributed by atoms with van der Waals surface area (Å²) in [5.74, 6) is -30.6. The molecule has 0 amide bonds. The van der Waals surface area contributed by atoms with Crippen LogP contribution in [0.1, 0.15) is 0 Å². The molecule has 2 N–H and O–H groups in total. The van der Waals surface area contributed by atoms with Gasteiger partial charge in [0.1, 0.15) is 0 Å². The highest BCUT2D eigenvalue weighted by Crippen LogP contribution is 2.57. The Kier molecular flexibility index (Phi) is 7.05. The average molecular weight is 444 g/mol. The van der Waals surface area contributed by atoms with Crippen molar-refractivity contribution in [2.45, 2.75) is 60.8 Å². The van der Waals surface area contributed by atoms with Crippen LogP contribution in [-0.2, 0) is 0 Å². The smallest absolute Gasteiger partial charge is 0.335 e. The van der Waals surface area contributed by atoms with Crippen LogP contribution in [0, 0.1) is 0 Å². The molecule has 0 bridgehead atoms. The monoisotopic (exact) mass is 444 g/mol. The first kappa shape index (κ1) is 25.9. The van der Waals surface area contributed by atoms with Crippen LogP contribution in [0.4, 0.5) is 65.9 Å². The van der Waals surface area contributed by atoms with Crippen LogP contribution in [-0.4, -0.2) is 71.1 Å². The highest BCUT2D eigenvalue weighted by Gasteiger charge is 2.87. The van der Waals surface area contributed by atoms with Crippen LogP contribution in [0.25, 0.3) is 0 Å². The molecule has 0 heterocycles. The SMILES string of the molecule is OC(O)(F)C(F)(F)C(F)(F)C(F)(F)C(F)(F)C(F)C(F)C(F)C(F)C(F)F. The second-order valence-corrected chi connectivity index (χ2v) is 5.00. The van der Waals surface area contributed by atoms with Gasteiger partial charge >= 0.3 is 29.7 Å². The van der Waals surface area contributed by atoms with Gasteiger partial charge in [0.15, 0.2) is 18.5 Å². The van der Waals surface area contributed by atoms with Gasteiger partial charge in [0, 0.05) is 0 Å². The molecule has 4 unspecified atom stereocenters. The van der Waals surface area contributed by atoms with Gasteiger partial charge < -0.3 is 10.2 Å². The molecule has 0 aromatic heterocycles. The van der Waals surface area contributed by atoms with E-state index in [0.717, 1.165) is 0 Å². The van der Waals surface area contributed by atoms with Gasteiger partial charge in [-0.3, -0.25) is 0 Å². The number of rotatable bonds is 9. The number of halogens is 15. The van der Waals surface area contributed by atoms with E-state index in [9.17, 15) is 65.9 Å². The van der Waals surface area contributed by atoms with Crippen LogP contribution in [0.2, 0.25) is 0 Å². The second-order valence-electron chi connectivity index (χ2n) is 5.00. The maximum atomic E-state index is 13.1. The van der Waals surface area contributed by atoms with Gasteiger partial charge in [-0.2, -0.15) is 39.5 Å². The Bertz CT molecular complexity index is 501. The first-order valence-corrected chi connectivity index (χ1v) is 6.08. The molecule has 4 atom stereocenters. The maximum absolute atomic E-state index is 13.1. The Morgan fingerprint density at radius 2 is 0.852 bits per heavy atom. The lowest BCUT2D eigenvalue weighted by atomic mass is 9.91. The molecule has 164 valence electrons. The molecule has 0 fully saturated rings. The lowest BCUT2D eigenvalue weighted by Crippen LogP contribution is -2.70. The predicted octanol–water partition coefficient (Wildman–Crippen LogP) is 3.75. The Balaban J connectivity index is 6.03. The minimum atomic E-state index is -7.87. The van der Waals surface area contributed by atoms with Gasteiger partial charge in [0.05, 0.1) is 0 Å². The summed E-state index contributed by atoms with van der Waals surface area (Å²) in [7, 11) is 0. The van der Waals surface area contributed by atoms with Crippen molar-refractivity contribution < 1.29 is 76.1 Å². The molecule has 0 aliphatic carbocycles. The van der Waals surface area contributed by atoms with E-state index in [-0.39, 0.29) is 0 Å². The van der Waals surface area contributed by atoms with E-state index in [0.29, 0.717) is 0 Å². The average Bonchev–Trinajstić information content (AvgIpc) is 2.49. The molecule has 0 spiro atoms. The fourth-order valence-electron chi connectivity index (χ4n) is 1.46. The minimum absolute atomic E-state index is 4.40. The topological polar surface area (TPSA) is 40.5 Å². The Morgan fingerprint density at radius 3 is 1.15 bits per heavy atom. The van der Waals surface area contributed by atoms with Gasteiger partial charge in [0.25, 0.3) is 6.43 Å². The van der Waals surface area contributed by atoms with E-state index in [4.69, 9.17) is 10.2 Å². The summed E-state index contributed by atoms with van der Waals surface area (Å²) < 4.78 is 191. The standard InChI is InChI=1S/C10H7F15O2/c11-1(3(13)5(15)16)2(12)4(14)6(17,18)7(19,20)8(21,22)9(23,24)10(25,26)27/h1-5,26-27H. The largest absolute Gasteiger partial charge is 0.400 e. The third-order valence-electron chi connectivity index (χ3n) is 3.08. The summed E-state index contributed by atoms with van der Waals surface area (Å²) >= 11 is 0. The Morgan fingerprint density at radius 1 is 0.481 bits per heavy atom. The summed E-state index contributed by atoms with van der Waals surface area (Å²) in [5.41, 5.74) is 0. The molecule has 0 rings (SSSR count). The van der Waals surface area contributed by atoms with Crippen molar-refractivity contribution in [1.82, 2.24) is 0 Å². The molecule has 0 aliphatic rings. The van der Waals surface area contributed by atoms with Crippen molar-refractivity contribution in [3.8, 4) is 0 Å². The van der Waals surface area contributed by atoms with E-state index < -0.39 is 60.8 Å². The van der Waals surface area contributed by atoms with Crippen LogP contribution in [0.15, 0.2) is 0 Å². The van der Waals surface area contributed by atoms with Gasteiger partial charge in [-0.1, -0.05) is 0 Å². The highest BCUT2D eigenvalue weighted by atomic mass is 19.4. The molecular weight excluding hydrogens is 437 g/mol. The van der Waals surface area contributed by atoms with Crippen LogP contribution in [0.5, 0.6) is 0 Å². The predicted molar refractivity (Wildman–Crippen MR) is 53.7 cm³/mol. The summed E-state index contributed by atoms with van der Waals surface area (Å²) in [6.45, 7) is 0. The van der Waals surface area contributed by atoms with E-state index in [1.807, 2.05) is 0 Å². The zero-order chi connectivity index (χ0) is 22.4. The zero-order valence-electron chi connectivity index (χ0n) is 12.0. The van der Waals surface area contributed by atoms with Crippen molar-refractivity contribution in [1.29, 1.82) is 0 Å². The minimum Gasteiger partial charge on any atom is -0.335 e. The molecule has 0 radical (unpaired) electrons. The molecule has 27 heavy (non-hydrogen) atoms. The highest BCUT2D eigenvalue weighted by molar-refractivity contribution is 5.09. The molecule has 17 heteroatoms. The Hall–Kier alpha value is -1.13. The number of hydrogen-bond donors (Lipinski definition) is 2. The summed E-state index contributed by atoms with van der Waals surface area (Å²) in [6, 6.07) is -6.58. The lowest BCUT2D eigenvalue weighted by Gasteiger charge is -2.39. The zero-order valence-corrected chi connectivity index (χ0v) is 12.0. The summed E-state index contributed by atoms with van der Waals surface area (Å²) in [4.78, 5) is 0. The second kappa shape index (κ2) is 7.36. The summed E-state index contributed by atoms with van der Waals surface area (Å²) in [6.07, 6.45) is -24.2. The molecule has 2 nitrogen and oxygen atoms in total. The van der Waals surface area contributed by atoms with Crippen LogP contribution in [0.3, 0.4) is 0 Å². The molecule has 0 saturated carbocycles. The van der Waals surface area contributed by atoms with E-state index in [2.05, 4.69) is 0 Å². The molecule has 0 saturated heterocycles. The first-order chi connectivity index (χ1) is 11.6. The van der Waals surface area contributed by atoms with Crippen molar-refractivity contribution in [3.63, 3.8) is 0 Å². The van der Waals surface area contributed by atoms with E-state index >= 15 is 0 Å². The van der Waals surface area contributed by atoms with Crippen molar-refractivity contribution >= 4 is 0 Å². The van der Waals surface area contributed by atoms with Crippen molar-refractivity contribution in [2.24, 2.45) is 0 Å². The third kappa shape index (κ3) is 4.02. The number of aliphatic hydroxyl groups is 2. The van der Waals surface area contributed by atoms with Gasteiger partial charge in [-0.15, -0.1) is 0 Å². The van der Waals surface area contributed by atoms with Gasteiger partial charge in [0.2, 0.25) is 6.17 Å². The van der Waals surface area contributed by atoms with E-state index in [1.165, 1.54) is 0 Å². The molecular formula is C10H7F15O2. The van der Waals surface area contributed by atoms with E-state index in [1.54, 1.807) is 0 Å². The first-order valence-electron chi connectivity index (χ1n) is 6.08. The normalized spacial score (nSPS) is 19.8. The molecule has 0 aromatic rings. The molecule has 0 aromatic carbocycles. The van der Waals surface area contributed by atoms with Gasteiger partial charge in [-0.25, -0.2) is 26.3 Å². The van der Waals surface area contributed by atoms with Crippen LogP contribution < -0.4 is 0 Å². The third-order valence-corrected chi connectivity index (χ3v) is 3.08. The fourth-order valence-corrected chi connectivity index (χ4v) is 1.46. The number of alkyl halides is 15. The maximum Gasteiger partial charge on any atom is 0.400 e. The quantitative estimate of drug-likeness (QED) is 0.420. The van der Waals surface area contributed by atoms with Crippen molar-refractivity contribution in [3.05, 3.63) is 0 Å². The Labute approximate surface area is 138 Å². The van der Waals surface area contributed by atoms with Gasteiger partial charge in [-0.05, 0) is 0 Å². The number of hydrogen-bond acceptors (Lipinski definition) is 2. The van der Waals surface area contributed by atoms with Crippen LogP contribution >= 0.6 is 0 Å². The molecule has 0 aliphatic heterocycles. The summed E-state index contributed by atoms with van der Waals surface area (Å²) in [5, 5.41) is 15.4. The lowest BCUT2D eigenvalue weighted by molar-refractivity contribution is -0.459.